The zero-order valence-electron chi connectivity index (χ0n) is 11.9. The summed E-state index contributed by atoms with van der Waals surface area (Å²) in [5.41, 5.74) is 11.8. The highest BCUT2D eigenvalue weighted by atomic mass is 14.3. The van der Waals surface area contributed by atoms with Gasteiger partial charge in [0.05, 0.1) is 0 Å². The third-order valence-corrected chi connectivity index (χ3v) is 4.99. The molecule has 0 N–H and O–H groups in total. The Hall–Kier alpha value is -2.34. The van der Waals surface area contributed by atoms with E-state index in [1.807, 2.05) is 0 Å². The lowest BCUT2D eigenvalue weighted by molar-refractivity contribution is 0.941. The largest absolute Gasteiger partial charge is 0.0620 e. The van der Waals surface area contributed by atoms with Crippen molar-refractivity contribution >= 4 is 0 Å². The predicted molar refractivity (Wildman–Crippen MR) is 87.5 cm³/mol. The average molecular weight is 268 g/mol. The molecule has 0 saturated heterocycles. The summed E-state index contributed by atoms with van der Waals surface area (Å²) in [5, 5.41) is 0. The van der Waals surface area contributed by atoms with E-state index >= 15 is 0 Å². The van der Waals surface area contributed by atoms with E-state index in [0.717, 1.165) is 6.42 Å². The molecule has 21 heavy (non-hydrogen) atoms. The Kier molecular flexibility index (Phi) is 2.20. The van der Waals surface area contributed by atoms with Gasteiger partial charge in [0.25, 0.3) is 0 Å². The second-order valence-electron chi connectivity index (χ2n) is 6.16. The molecule has 0 fully saturated rings. The zero-order chi connectivity index (χ0) is 13.8. The Balaban J connectivity index is 1.76. The minimum absolute atomic E-state index is 1.08. The van der Waals surface area contributed by atoms with Gasteiger partial charge in [-0.3, -0.25) is 0 Å². The van der Waals surface area contributed by atoms with Gasteiger partial charge in [0.15, 0.2) is 0 Å². The van der Waals surface area contributed by atoms with E-state index in [9.17, 15) is 0 Å². The van der Waals surface area contributed by atoms with Crippen molar-refractivity contribution in [2.75, 3.05) is 0 Å². The van der Waals surface area contributed by atoms with E-state index in [4.69, 9.17) is 0 Å². The van der Waals surface area contributed by atoms with Gasteiger partial charge in [-0.05, 0) is 69.8 Å². The Morgan fingerprint density at radius 2 is 1.05 bits per heavy atom. The molecule has 3 aromatic carbocycles. The Morgan fingerprint density at radius 3 is 1.90 bits per heavy atom. The highest BCUT2D eigenvalue weighted by Crippen LogP contribution is 2.42. The van der Waals surface area contributed by atoms with Crippen LogP contribution in [0.1, 0.15) is 22.3 Å². The van der Waals surface area contributed by atoms with Crippen molar-refractivity contribution < 1.29 is 0 Å². The van der Waals surface area contributed by atoms with Crippen LogP contribution in [0.3, 0.4) is 0 Å². The van der Waals surface area contributed by atoms with Crippen LogP contribution in [0.4, 0.5) is 0 Å². The van der Waals surface area contributed by atoms with Crippen LogP contribution in [-0.2, 0) is 19.3 Å². The fraction of sp³-hybridized carbons (Fsp3) is 0.143. The summed E-state index contributed by atoms with van der Waals surface area (Å²) < 4.78 is 0. The predicted octanol–water partition coefficient (Wildman–Crippen LogP) is 5.02. The van der Waals surface area contributed by atoms with Crippen molar-refractivity contribution in [3.8, 4) is 22.3 Å². The molecule has 2 aliphatic carbocycles. The molecule has 0 aromatic heterocycles. The molecule has 0 unspecified atom stereocenters. The number of aryl methyl sites for hydroxylation is 2. The maximum absolute atomic E-state index is 2.45. The van der Waals surface area contributed by atoms with E-state index < -0.39 is 0 Å². The lowest BCUT2D eigenvalue weighted by Crippen LogP contribution is -2.04. The quantitative estimate of drug-likeness (QED) is 0.420. The van der Waals surface area contributed by atoms with Crippen LogP contribution in [0, 0.1) is 0 Å². The Bertz CT molecular complexity index is 871. The molecular formula is C21H16. The molecule has 0 amide bonds. The van der Waals surface area contributed by atoms with Gasteiger partial charge in [-0.15, -0.1) is 0 Å². The Morgan fingerprint density at radius 1 is 0.476 bits per heavy atom. The lowest BCUT2D eigenvalue weighted by atomic mass is 9.83. The first-order valence-corrected chi connectivity index (χ1v) is 7.72. The van der Waals surface area contributed by atoms with E-state index in [1.165, 1.54) is 57.3 Å². The number of hydrogen-bond acceptors (Lipinski definition) is 0. The normalized spacial score (nSPS) is 14.1. The first kappa shape index (κ1) is 11.3. The maximum Gasteiger partial charge on any atom is -0.00132 e. The van der Waals surface area contributed by atoms with Crippen molar-refractivity contribution in [3.63, 3.8) is 0 Å². The molecule has 0 aliphatic heterocycles. The lowest BCUT2D eigenvalue weighted by Gasteiger charge is -2.21. The number of rotatable bonds is 0. The molecule has 0 atom stereocenters. The van der Waals surface area contributed by atoms with Crippen LogP contribution in [-0.4, -0.2) is 0 Å². The smallest absolute Gasteiger partial charge is 0.00132 e. The van der Waals surface area contributed by atoms with Gasteiger partial charge in [-0.1, -0.05) is 54.6 Å². The molecule has 0 nitrogen and oxygen atoms in total. The molecule has 0 saturated carbocycles. The van der Waals surface area contributed by atoms with Crippen LogP contribution in [0.5, 0.6) is 0 Å². The van der Waals surface area contributed by atoms with Gasteiger partial charge in [-0.2, -0.15) is 0 Å². The third-order valence-electron chi connectivity index (χ3n) is 4.99. The molecular weight excluding hydrogens is 252 g/mol. The summed E-state index contributed by atoms with van der Waals surface area (Å²) in [5.74, 6) is 0. The molecule has 0 bridgehead atoms. The summed E-state index contributed by atoms with van der Waals surface area (Å²) in [6.45, 7) is 0. The first-order chi connectivity index (χ1) is 10.4. The SMILES string of the molecule is c1ccc2c(c1)CCc1cc3c(cc1-2)Cc1ccccc1-3. The van der Waals surface area contributed by atoms with E-state index in [0.29, 0.717) is 0 Å². The third kappa shape index (κ3) is 1.56. The van der Waals surface area contributed by atoms with Crippen LogP contribution in [0.2, 0.25) is 0 Å². The topological polar surface area (TPSA) is 0 Å². The molecule has 0 heteroatoms. The van der Waals surface area contributed by atoms with E-state index in [-0.39, 0.29) is 0 Å². The van der Waals surface area contributed by atoms with Gasteiger partial charge in [0.2, 0.25) is 0 Å². The fourth-order valence-electron chi connectivity index (χ4n) is 3.96. The van der Waals surface area contributed by atoms with Crippen molar-refractivity contribution in [3.05, 3.63) is 82.9 Å². The van der Waals surface area contributed by atoms with Crippen LogP contribution < -0.4 is 0 Å². The average Bonchev–Trinajstić information content (AvgIpc) is 2.90. The fourth-order valence-corrected chi connectivity index (χ4v) is 3.96. The number of fused-ring (bicyclic) bond motifs is 6. The van der Waals surface area contributed by atoms with Crippen molar-refractivity contribution in [2.24, 2.45) is 0 Å². The van der Waals surface area contributed by atoms with Crippen molar-refractivity contribution in [2.45, 2.75) is 19.3 Å². The second-order valence-corrected chi connectivity index (χ2v) is 6.16. The highest BCUT2D eigenvalue weighted by molar-refractivity contribution is 5.83. The van der Waals surface area contributed by atoms with Gasteiger partial charge in [0, 0.05) is 0 Å². The molecule has 0 heterocycles. The minimum atomic E-state index is 1.08. The molecule has 2 aliphatic rings. The summed E-state index contributed by atoms with van der Waals surface area (Å²) in [6, 6.07) is 22.6. The summed E-state index contributed by atoms with van der Waals surface area (Å²) in [7, 11) is 0. The van der Waals surface area contributed by atoms with Gasteiger partial charge in [0.1, 0.15) is 0 Å². The number of hydrogen-bond donors (Lipinski definition) is 0. The van der Waals surface area contributed by atoms with Crippen LogP contribution in [0.25, 0.3) is 22.3 Å². The second kappa shape index (κ2) is 4.08. The highest BCUT2D eigenvalue weighted by Gasteiger charge is 2.23. The summed E-state index contributed by atoms with van der Waals surface area (Å²) in [6.07, 6.45) is 3.42. The van der Waals surface area contributed by atoms with Crippen LogP contribution >= 0.6 is 0 Å². The van der Waals surface area contributed by atoms with Gasteiger partial charge < -0.3 is 0 Å². The molecule has 3 aromatic rings. The molecule has 0 radical (unpaired) electrons. The first-order valence-electron chi connectivity index (χ1n) is 7.72. The standard InChI is InChI=1S/C21H16/c1-3-7-18-14(5-1)9-10-16-12-21-17(13-20(16)18)11-15-6-2-4-8-19(15)21/h1-8,12-13H,9-11H2. The molecule has 5 rings (SSSR count). The van der Waals surface area contributed by atoms with Crippen molar-refractivity contribution in [1.82, 2.24) is 0 Å². The monoisotopic (exact) mass is 268 g/mol. The maximum atomic E-state index is 2.45. The van der Waals surface area contributed by atoms with Gasteiger partial charge in [-0.25, -0.2) is 0 Å². The minimum Gasteiger partial charge on any atom is -0.0620 e. The molecule has 0 spiro atoms. The summed E-state index contributed by atoms with van der Waals surface area (Å²) in [4.78, 5) is 0. The molecule has 100 valence electrons. The summed E-state index contributed by atoms with van der Waals surface area (Å²) >= 11 is 0. The van der Waals surface area contributed by atoms with Gasteiger partial charge >= 0.3 is 0 Å². The number of benzene rings is 3. The zero-order valence-corrected chi connectivity index (χ0v) is 11.9. The van der Waals surface area contributed by atoms with Crippen molar-refractivity contribution in [1.29, 1.82) is 0 Å². The van der Waals surface area contributed by atoms with E-state index in [1.54, 1.807) is 0 Å². The van der Waals surface area contributed by atoms with Crippen LogP contribution in [0.15, 0.2) is 60.7 Å². The Labute approximate surface area is 125 Å². The van der Waals surface area contributed by atoms with E-state index in [2.05, 4.69) is 60.7 Å².